The largest absolute Gasteiger partial charge is 0.493 e. The van der Waals surface area contributed by atoms with Crippen LogP contribution in [0, 0.1) is 0 Å². The van der Waals surface area contributed by atoms with Crippen molar-refractivity contribution in [2.75, 3.05) is 20.3 Å². The maximum atomic E-state index is 11.9. The summed E-state index contributed by atoms with van der Waals surface area (Å²) in [7, 11) is 1.58. The molecular formula is C24H23ClN2O4. The second-order valence-corrected chi connectivity index (χ2v) is 6.97. The third kappa shape index (κ3) is 7.35. The number of nitrogens with one attached hydrogen (secondary N) is 1. The van der Waals surface area contributed by atoms with Gasteiger partial charge in [-0.2, -0.15) is 5.10 Å². The van der Waals surface area contributed by atoms with E-state index < -0.39 is 0 Å². The highest BCUT2D eigenvalue weighted by Gasteiger charge is 2.06. The van der Waals surface area contributed by atoms with Crippen LogP contribution in [0.4, 0.5) is 0 Å². The lowest BCUT2D eigenvalue weighted by molar-refractivity contribution is -0.123. The number of halogens is 1. The number of hydrazone groups is 1. The summed E-state index contributed by atoms with van der Waals surface area (Å²) >= 11 is 5.81. The maximum Gasteiger partial charge on any atom is 0.277 e. The van der Waals surface area contributed by atoms with E-state index in [2.05, 4.69) is 22.7 Å². The Morgan fingerprint density at radius 2 is 1.77 bits per heavy atom. The van der Waals surface area contributed by atoms with Gasteiger partial charge in [0.05, 0.1) is 19.9 Å². The Labute approximate surface area is 186 Å². The van der Waals surface area contributed by atoms with Gasteiger partial charge in [-0.3, -0.25) is 4.79 Å². The van der Waals surface area contributed by atoms with Crippen LogP contribution in [0.1, 0.15) is 11.1 Å². The standard InChI is InChI=1S/C24H23ClN2O4/c1-29-23-15-19(7-12-22(23)30-14-13-18-5-3-2-4-6-18)16-26-27-24(28)17-31-21-10-8-20(25)9-11-21/h2-12,15-16H,13-14,17H2,1H3,(H,27,28)/b26-16+. The van der Waals surface area contributed by atoms with Crippen LogP contribution in [0.25, 0.3) is 0 Å². The molecule has 3 aromatic carbocycles. The summed E-state index contributed by atoms with van der Waals surface area (Å²) in [5.74, 6) is 1.42. The molecule has 0 aromatic heterocycles. The van der Waals surface area contributed by atoms with Gasteiger partial charge in [-0.05, 0) is 53.6 Å². The molecule has 3 aromatic rings. The van der Waals surface area contributed by atoms with Crippen molar-refractivity contribution in [3.63, 3.8) is 0 Å². The molecule has 0 bridgehead atoms. The molecule has 0 aliphatic heterocycles. The van der Waals surface area contributed by atoms with Gasteiger partial charge in [0.15, 0.2) is 18.1 Å². The van der Waals surface area contributed by atoms with E-state index in [1.165, 1.54) is 11.8 Å². The second-order valence-electron chi connectivity index (χ2n) is 6.53. The van der Waals surface area contributed by atoms with Crippen molar-refractivity contribution in [3.8, 4) is 17.2 Å². The molecule has 6 nitrogen and oxygen atoms in total. The van der Waals surface area contributed by atoms with E-state index in [0.717, 1.165) is 12.0 Å². The van der Waals surface area contributed by atoms with Gasteiger partial charge < -0.3 is 14.2 Å². The minimum atomic E-state index is -0.376. The normalized spacial score (nSPS) is 10.6. The zero-order chi connectivity index (χ0) is 21.9. The quantitative estimate of drug-likeness (QED) is 0.374. The Kier molecular flexibility index (Phi) is 8.31. The van der Waals surface area contributed by atoms with Crippen LogP contribution < -0.4 is 19.6 Å². The third-order valence-electron chi connectivity index (χ3n) is 4.27. The molecule has 0 heterocycles. The van der Waals surface area contributed by atoms with Crippen molar-refractivity contribution in [2.24, 2.45) is 5.10 Å². The molecule has 7 heteroatoms. The minimum absolute atomic E-state index is 0.156. The van der Waals surface area contributed by atoms with Crippen LogP contribution >= 0.6 is 11.6 Å². The Bertz CT molecular complexity index is 1010. The van der Waals surface area contributed by atoms with Crippen LogP contribution in [0.2, 0.25) is 5.02 Å². The lowest BCUT2D eigenvalue weighted by Gasteiger charge is -2.11. The topological polar surface area (TPSA) is 69.2 Å². The van der Waals surface area contributed by atoms with Crippen LogP contribution in [0.15, 0.2) is 77.9 Å². The minimum Gasteiger partial charge on any atom is -0.493 e. The van der Waals surface area contributed by atoms with E-state index in [1.54, 1.807) is 37.4 Å². The number of ether oxygens (including phenoxy) is 3. The van der Waals surface area contributed by atoms with Gasteiger partial charge in [0.25, 0.3) is 5.91 Å². The molecule has 0 fully saturated rings. The van der Waals surface area contributed by atoms with Crippen molar-refractivity contribution in [3.05, 3.63) is 88.9 Å². The maximum absolute atomic E-state index is 11.9. The fourth-order valence-electron chi connectivity index (χ4n) is 2.70. The van der Waals surface area contributed by atoms with E-state index in [1.807, 2.05) is 30.3 Å². The SMILES string of the molecule is COc1cc(/C=N/NC(=O)COc2ccc(Cl)cc2)ccc1OCCc1ccccc1. The molecular weight excluding hydrogens is 416 g/mol. The molecule has 0 saturated heterocycles. The number of rotatable bonds is 10. The van der Waals surface area contributed by atoms with Crippen molar-refractivity contribution in [2.45, 2.75) is 6.42 Å². The van der Waals surface area contributed by atoms with Crippen LogP contribution in [-0.2, 0) is 11.2 Å². The van der Waals surface area contributed by atoms with Gasteiger partial charge in [-0.15, -0.1) is 0 Å². The number of carbonyl (C=O) groups is 1. The first-order chi connectivity index (χ1) is 15.1. The molecule has 31 heavy (non-hydrogen) atoms. The first-order valence-corrected chi connectivity index (χ1v) is 10.1. The zero-order valence-corrected chi connectivity index (χ0v) is 17.8. The summed E-state index contributed by atoms with van der Waals surface area (Å²) in [4.78, 5) is 11.9. The van der Waals surface area contributed by atoms with Gasteiger partial charge in [0.2, 0.25) is 0 Å². The summed E-state index contributed by atoms with van der Waals surface area (Å²) in [5, 5.41) is 4.55. The number of benzene rings is 3. The molecule has 0 aliphatic rings. The summed E-state index contributed by atoms with van der Waals surface area (Å²) in [6.07, 6.45) is 2.33. The molecule has 0 spiro atoms. The molecule has 0 saturated carbocycles. The number of methoxy groups -OCH3 is 1. The monoisotopic (exact) mass is 438 g/mol. The number of amides is 1. The highest BCUT2D eigenvalue weighted by Crippen LogP contribution is 2.27. The molecule has 0 unspecified atom stereocenters. The lowest BCUT2D eigenvalue weighted by atomic mass is 10.2. The smallest absolute Gasteiger partial charge is 0.277 e. The number of hydrogen-bond donors (Lipinski definition) is 1. The summed E-state index contributed by atoms with van der Waals surface area (Å²) in [6.45, 7) is 0.383. The van der Waals surface area contributed by atoms with E-state index >= 15 is 0 Å². The van der Waals surface area contributed by atoms with E-state index in [9.17, 15) is 4.79 Å². The lowest BCUT2D eigenvalue weighted by Crippen LogP contribution is -2.24. The average molecular weight is 439 g/mol. The number of hydrogen-bond acceptors (Lipinski definition) is 5. The predicted molar refractivity (Wildman–Crippen MR) is 121 cm³/mol. The Balaban J connectivity index is 1.47. The fraction of sp³-hybridized carbons (Fsp3) is 0.167. The molecule has 3 rings (SSSR count). The van der Waals surface area contributed by atoms with E-state index in [-0.39, 0.29) is 12.5 Å². The van der Waals surface area contributed by atoms with Gasteiger partial charge in [0.1, 0.15) is 5.75 Å². The molecule has 1 amide bonds. The molecule has 1 N–H and O–H groups in total. The molecule has 160 valence electrons. The Morgan fingerprint density at radius 1 is 1.00 bits per heavy atom. The highest BCUT2D eigenvalue weighted by atomic mass is 35.5. The van der Waals surface area contributed by atoms with Crippen molar-refractivity contribution in [1.82, 2.24) is 5.43 Å². The van der Waals surface area contributed by atoms with Gasteiger partial charge in [0, 0.05) is 11.4 Å². The van der Waals surface area contributed by atoms with Crippen molar-refractivity contribution >= 4 is 23.7 Å². The predicted octanol–water partition coefficient (Wildman–Crippen LogP) is 4.50. The van der Waals surface area contributed by atoms with Gasteiger partial charge in [-0.25, -0.2) is 5.43 Å². The molecule has 0 radical (unpaired) electrons. The average Bonchev–Trinajstić information content (AvgIpc) is 2.80. The molecule has 0 atom stereocenters. The van der Waals surface area contributed by atoms with Crippen molar-refractivity contribution < 1.29 is 19.0 Å². The van der Waals surface area contributed by atoms with Crippen molar-refractivity contribution in [1.29, 1.82) is 0 Å². The van der Waals surface area contributed by atoms with Crippen LogP contribution in [-0.4, -0.2) is 32.4 Å². The van der Waals surface area contributed by atoms with Crippen LogP contribution in [0.3, 0.4) is 0 Å². The van der Waals surface area contributed by atoms with Crippen LogP contribution in [0.5, 0.6) is 17.2 Å². The van der Waals surface area contributed by atoms with E-state index in [4.69, 9.17) is 25.8 Å². The zero-order valence-electron chi connectivity index (χ0n) is 17.1. The second kappa shape index (κ2) is 11.6. The Hall–Kier alpha value is -3.51. The summed E-state index contributed by atoms with van der Waals surface area (Å²) in [5.41, 5.74) is 4.39. The molecule has 0 aliphatic carbocycles. The number of nitrogens with zero attached hydrogens (tertiary/aromatic N) is 1. The first kappa shape index (κ1) is 22.2. The van der Waals surface area contributed by atoms with E-state index in [0.29, 0.717) is 28.9 Å². The van der Waals surface area contributed by atoms with Gasteiger partial charge >= 0.3 is 0 Å². The van der Waals surface area contributed by atoms with Gasteiger partial charge in [-0.1, -0.05) is 41.9 Å². The Morgan fingerprint density at radius 3 is 2.52 bits per heavy atom. The number of carbonyl (C=O) groups excluding carboxylic acids is 1. The fourth-order valence-corrected chi connectivity index (χ4v) is 2.82. The third-order valence-corrected chi connectivity index (χ3v) is 4.52. The highest BCUT2D eigenvalue weighted by molar-refractivity contribution is 6.30. The summed E-state index contributed by atoms with van der Waals surface area (Å²) in [6, 6.07) is 22.3. The summed E-state index contributed by atoms with van der Waals surface area (Å²) < 4.78 is 16.6. The first-order valence-electron chi connectivity index (χ1n) is 9.69.